The molecule has 0 spiro atoms. The van der Waals surface area contributed by atoms with Crippen molar-refractivity contribution in [2.75, 3.05) is 6.54 Å². The van der Waals surface area contributed by atoms with Gasteiger partial charge in [0.2, 0.25) is 5.91 Å². The van der Waals surface area contributed by atoms with Crippen LogP contribution in [0.3, 0.4) is 0 Å². The average molecular weight is 424 g/mol. The summed E-state index contributed by atoms with van der Waals surface area (Å²) >= 11 is 0. The van der Waals surface area contributed by atoms with Crippen molar-refractivity contribution < 1.29 is 14.1 Å². The first kappa shape index (κ1) is 21.5. The van der Waals surface area contributed by atoms with E-state index >= 15 is 0 Å². The Morgan fingerprint density at radius 3 is 2.58 bits per heavy atom. The number of hydrogen-bond acceptors (Lipinski definition) is 4. The lowest BCUT2D eigenvalue weighted by molar-refractivity contribution is -0.199. The average Bonchev–Trinajstić information content (AvgIpc) is 3.36. The number of carbonyl (C=O) groups is 1. The Labute approximate surface area is 187 Å². The Morgan fingerprint density at radius 1 is 1.16 bits per heavy atom. The zero-order chi connectivity index (χ0) is 22.0. The third kappa shape index (κ3) is 3.46. The van der Waals surface area contributed by atoms with Gasteiger partial charge in [-0.05, 0) is 60.8 Å². The van der Waals surface area contributed by atoms with Crippen molar-refractivity contribution in [3.63, 3.8) is 0 Å². The molecule has 5 fully saturated rings. The van der Waals surface area contributed by atoms with E-state index in [0.717, 1.165) is 25.3 Å². The lowest BCUT2D eigenvalue weighted by Gasteiger charge is -2.64. The molecule has 5 nitrogen and oxygen atoms in total. The van der Waals surface area contributed by atoms with Crippen LogP contribution in [0.15, 0.2) is 30.3 Å². The van der Waals surface area contributed by atoms with Crippen LogP contribution in [0.2, 0.25) is 0 Å². The summed E-state index contributed by atoms with van der Waals surface area (Å²) in [6, 6.07) is 10.3. The number of carbonyl (C=O) groups excluding carboxylic acids is 1. The molecule has 7 atom stereocenters. The van der Waals surface area contributed by atoms with Crippen molar-refractivity contribution in [1.82, 2.24) is 10.6 Å². The Morgan fingerprint density at radius 2 is 1.90 bits per heavy atom. The molecule has 0 aromatic heterocycles. The highest BCUT2D eigenvalue weighted by Crippen LogP contribution is 2.65. The second kappa shape index (κ2) is 7.60. The van der Waals surface area contributed by atoms with Gasteiger partial charge in [0.05, 0.1) is 23.7 Å². The number of hydrogen-bond donors (Lipinski definition) is 2. The van der Waals surface area contributed by atoms with Crippen molar-refractivity contribution in [3.05, 3.63) is 35.9 Å². The van der Waals surface area contributed by atoms with Crippen LogP contribution < -0.4 is 10.6 Å². The maximum absolute atomic E-state index is 13.2. The third-order valence-corrected chi connectivity index (χ3v) is 9.01. The van der Waals surface area contributed by atoms with Crippen molar-refractivity contribution in [2.24, 2.45) is 23.2 Å². The predicted molar refractivity (Wildman–Crippen MR) is 122 cm³/mol. The SMILES string of the molecule is CC(C)[C@H](NC(=O)[C@@H]1C[C@H](c2ccccc2)CN1)B1O[C@@H]2C[C@@H]3C[C@@H](C3(C)C)[C@]2(C)O1. The fourth-order valence-corrected chi connectivity index (χ4v) is 6.78. The number of amides is 1. The van der Waals surface area contributed by atoms with Gasteiger partial charge >= 0.3 is 7.12 Å². The second-order valence-electron chi connectivity index (χ2n) is 11.4. The number of rotatable bonds is 5. The van der Waals surface area contributed by atoms with E-state index in [9.17, 15) is 4.79 Å². The summed E-state index contributed by atoms with van der Waals surface area (Å²) in [6.45, 7) is 12.1. The smallest absolute Gasteiger partial charge is 0.404 e. The fourth-order valence-electron chi connectivity index (χ4n) is 6.78. The first-order chi connectivity index (χ1) is 14.7. The van der Waals surface area contributed by atoms with Gasteiger partial charge in [-0.1, -0.05) is 58.0 Å². The molecule has 1 aromatic rings. The quantitative estimate of drug-likeness (QED) is 0.710. The Balaban J connectivity index is 1.25. The minimum absolute atomic E-state index is 0.0639. The van der Waals surface area contributed by atoms with E-state index in [1.165, 1.54) is 12.0 Å². The van der Waals surface area contributed by atoms with Crippen molar-refractivity contribution in [2.45, 2.75) is 83.5 Å². The summed E-state index contributed by atoms with van der Waals surface area (Å²) in [5.41, 5.74) is 1.37. The fraction of sp³-hybridized carbons (Fsp3) is 0.720. The Bertz CT molecular complexity index is 831. The molecule has 6 heteroatoms. The van der Waals surface area contributed by atoms with Crippen LogP contribution in [0.4, 0.5) is 0 Å². The minimum atomic E-state index is -0.375. The summed E-state index contributed by atoms with van der Waals surface area (Å²) in [5.74, 6) is 1.78. The van der Waals surface area contributed by atoms with Gasteiger partial charge in [0.1, 0.15) is 0 Å². The molecule has 2 bridgehead atoms. The molecule has 2 heterocycles. The Hall–Kier alpha value is -1.37. The van der Waals surface area contributed by atoms with E-state index in [1.807, 2.05) is 6.07 Å². The van der Waals surface area contributed by atoms with Gasteiger partial charge in [-0.2, -0.15) is 0 Å². The molecular weight excluding hydrogens is 387 g/mol. The highest BCUT2D eigenvalue weighted by Gasteiger charge is 2.68. The molecule has 2 aliphatic heterocycles. The summed E-state index contributed by atoms with van der Waals surface area (Å²) in [5, 5.41) is 6.73. The van der Waals surface area contributed by atoms with Crippen molar-refractivity contribution in [3.8, 4) is 0 Å². The lowest BCUT2D eigenvalue weighted by atomic mass is 9.43. The highest BCUT2D eigenvalue weighted by atomic mass is 16.7. The van der Waals surface area contributed by atoms with Gasteiger partial charge in [0.15, 0.2) is 0 Å². The molecule has 0 radical (unpaired) electrons. The van der Waals surface area contributed by atoms with Crippen LogP contribution in [-0.2, 0) is 14.1 Å². The molecule has 2 saturated heterocycles. The van der Waals surface area contributed by atoms with Gasteiger partial charge < -0.3 is 19.9 Å². The first-order valence-electron chi connectivity index (χ1n) is 12.1. The van der Waals surface area contributed by atoms with E-state index in [1.54, 1.807) is 0 Å². The molecular formula is C25H37BN2O3. The molecule has 6 rings (SSSR count). The summed E-state index contributed by atoms with van der Waals surface area (Å²) < 4.78 is 13.1. The normalized spacial score (nSPS) is 39.2. The van der Waals surface area contributed by atoms with Crippen LogP contribution >= 0.6 is 0 Å². The van der Waals surface area contributed by atoms with Gasteiger partial charge in [0.25, 0.3) is 0 Å². The second-order valence-corrected chi connectivity index (χ2v) is 11.4. The minimum Gasteiger partial charge on any atom is -0.404 e. The van der Waals surface area contributed by atoms with Crippen LogP contribution in [0.1, 0.15) is 65.4 Å². The molecule has 2 N–H and O–H groups in total. The third-order valence-electron chi connectivity index (χ3n) is 9.01. The topological polar surface area (TPSA) is 59.6 Å². The zero-order valence-electron chi connectivity index (χ0n) is 19.6. The van der Waals surface area contributed by atoms with E-state index < -0.39 is 0 Å². The molecule has 1 aromatic carbocycles. The number of benzene rings is 1. The predicted octanol–water partition coefficient (Wildman–Crippen LogP) is 3.54. The van der Waals surface area contributed by atoms with Crippen LogP contribution in [0, 0.1) is 23.2 Å². The van der Waals surface area contributed by atoms with Crippen LogP contribution in [0.5, 0.6) is 0 Å². The number of nitrogens with one attached hydrogen (secondary N) is 2. The molecule has 5 aliphatic rings. The maximum Gasteiger partial charge on any atom is 0.481 e. The van der Waals surface area contributed by atoms with E-state index in [2.05, 4.69) is 69.5 Å². The van der Waals surface area contributed by atoms with Gasteiger partial charge in [-0.3, -0.25) is 4.79 Å². The molecule has 31 heavy (non-hydrogen) atoms. The first-order valence-corrected chi connectivity index (χ1v) is 12.1. The van der Waals surface area contributed by atoms with Gasteiger partial charge in [0, 0.05) is 6.54 Å². The van der Waals surface area contributed by atoms with E-state index in [4.69, 9.17) is 9.31 Å². The van der Waals surface area contributed by atoms with Crippen molar-refractivity contribution >= 4 is 13.0 Å². The van der Waals surface area contributed by atoms with E-state index in [0.29, 0.717) is 17.3 Å². The highest BCUT2D eigenvalue weighted by molar-refractivity contribution is 6.48. The molecule has 0 unspecified atom stereocenters. The monoisotopic (exact) mass is 424 g/mol. The molecule has 1 amide bonds. The van der Waals surface area contributed by atoms with Crippen LogP contribution in [0.25, 0.3) is 0 Å². The summed E-state index contributed by atoms with van der Waals surface area (Å²) in [7, 11) is -0.375. The molecule has 168 valence electrons. The van der Waals surface area contributed by atoms with Gasteiger partial charge in [-0.25, -0.2) is 0 Å². The van der Waals surface area contributed by atoms with E-state index in [-0.39, 0.29) is 42.6 Å². The van der Waals surface area contributed by atoms with Crippen LogP contribution in [-0.4, -0.2) is 43.3 Å². The summed E-state index contributed by atoms with van der Waals surface area (Å²) in [6.07, 6.45) is 3.27. The maximum atomic E-state index is 13.2. The summed E-state index contributed by atoms with van der Waals surface area (Å²) in [4.78, 5) is 13.2. The zero-order valence-corrected chi connectivity index (χ0v) is 19.6. The lowest BCUT2D eigenvalue weighted by Crippen LogP contribution is -2.65. The van der Waals surface area contributed by atoms with Gasteiger partial charge in [-0.15, -0.1) is 0 Å². The molecule has 3 aliphatic carbocycles. The Kier molecular flexibility index (Phi) is 5.27. The van der Waals surface area contributed by atoms with Crippen molar-refractivity contribution in [1.29, 1.82) is 0 Å². The largest absolute Gasteiger partial charge is 0.481 e. The molecule has 3 saturated carbocycles. The standard InChI is InChI=1S/C25H37BN2O3/c1-15(2)22(26-30-21-13-18-12-20(24(18,3)4)25(21,5)31-26)28-23(29)19-11-17(14-27-19)16-9-7-6-8-10-16/h6-10,15,17-22,27H,11-14H2,1-5H3,(H,28,29)/t17-,18-,19-,20-,21+,22-,25-/m0/s1.